The first-order valence-electron chi connectivity index (χ1n) is 6.54. The molecule has 19 heavy (non-hydrogen) atoms. The van der Waals surface area contributed by atoms with Gasteiger partial charge in [0.2, 0.25) is 0 Å². The quantitative estimate of drug-likeness (QED) is 0.828. The summed E-state index contributed by atoms with van der Waals surface area (Å²) >= 11 is 7.79. The summed E-state index contributed by atoms with van der Waals surface area (Å²) in [5.41, 5.74) is 0.691. The molecule has 3 nitrogen and oxygen atoms in total. The van der Waals surface area contributed by atoms with Gasteiger partial charge in [0.05, 0.1) is 5.56 Å². The van der Waals surface area contributed by atoms with Gasteiger partial charge in [-0.1, -0.05) is 15.9 Å². The molecular formula is C14H19BrN2OS. The highest BCUT2D eigenvalue weighted by Crippen LogP contribution is 2.23. The monoisotopic (exact) mass is 342 g/mol. The molecule has 2 rings (SSSR count). The number of nitrogens with zero attached hydrogens (tertiary/aromatic N) is 1. The average molecular weight is 343 g/mol. The summed E-state index contributed by atoms with van der Waals surface area (Å²) in [6, 6.07) is 5.60. The number of nitrogens with one attached hydrogen (secondary N) is 1. The first kappa shape index (κ1) is 14.9. The zero-order valence-electron chi connectivity index (χ0n) is 11.0. The SMILES string of the molecule is CNCC1CCCN(C(=O)c2ccc(Br)cc2S)C1. The summed E-state index contributed by atoms with van der Waals surface area (Å²) in [6.45, 7) is 2.66. The second kappa shape index (κ2) is 6.77. The minimum atomic E-state index is 0.0957. The number of halogens is 1. The molecule has 1 unspecified atom stereocenters. The van der Waals surface area contributed by atoms with Crippen molar-refractivity contribution in [2.24, 2.45) is 5.92 Å². The van der Waals surface area contributed by atoms with Crippen molar-refractivity contribution in [2.75, 3.05) is 26.7 Å². The second-order valence-electron chi connectivity index (χ2n) is 4.98. The molecule has 1 saturated heterocycles. The second-order valence-corrected chi connectivity index (χ2v) is 6.38. The topological polar surface area (TPSA) is 32.3 Å². The Morgan fingerprint density at radius 1 is 1.58 bits per heavy atom. The Kier molecular flexibility index (Phi) is 5.30. The lowest BCUT2D eigenvalue weighted by Crippen LogP contribution is -2.42. The molecule has 0 aromatic heterocycles. The van der Waals surface area contributed by atoms with Crippen LogP contribution in [0.2, 0.25) is 0 Å². The largest absolute Gasteiger partial charge is 0.338 e. The predicted octanol–water partition coefficient (Wildman–Crippen LogP) is 2.81. The first-order chi connectivity index (χ1) is 9.11. The van der Waals surface area contributed by atoms with Crippen molar-refractivity contribution in [1.29, 1.82) is 0 Å². The third-order valence-corrected chi connectivity index (χ3v) is 4.35. The zero-order valence-corrected chi connectivity index (χ0v) is 13.5. The van der Waals surface area contributed by atoms with Crippen LogP contribution in [0.1, 0.15) is 23.2 Å². The molecule has 1 aromatic carbocycles. The molecule has 0 aliphatic carbocycles. The van der Waals surface area contributed by atoms with Crippen LogP contribution in [0.15, 0.2) is 27.6 Å². The predicted molar refractivity (Wildman–Crippen MR) is 83.9 cm³/mol. The van der Waals surface area contributed by atoms with E-state index in [1.165, 1.54) is 6.42 Å². The lowest BCUT2D eigenvalue weighted by atomic mass is 9.97. The Labute approximate surface area is 128 Å². The van der Waals surface area contributed by atoms with Crippen LogP contribution in [0.3, 0.4) is 0 Å². The standard InChI is InChI=1S/C14H19BrN2OS/c1-16-8-10-3-2-6-17(9-10)14(18)12-5-4-11(15)7-13(12)19/h4-5,7,10,16,19H,2-3,6,8-9H2,1H3. The van der Waals surface area contributed by atoms with Crippen molar-refractivity contribution >= 4 is 34.5 Å². The van der Waals surface area contributed by atoms with Gasteiger partial charge in [0.25, 0.3) is 5.91 Å². The summed E-state index contributed by atoms with van der Waals surface area (Å²) in [4.78, 5) is 15.2. The zero-order chi connectivity index (χ0) is 13.8. The summed E-state index contributed by atoms with van der Waals surface area (Å²) in [5, 5.41) is 3.20. The van der Waals surface area contributed by atoms with Crippen LogP contribution in [0, 0.1) is 5.92 Å². The molecular weight excluding hydrogens is 324 g/mol. The highest BCUT2D eigenvalue weighted by molar-refractivity contribution is 9.10. The van der Waals surface area contributed by atoms with Crippen LogP contribution < -0.4 is 5.32 Å². The van der Waals surface area contributed by atoms with Gasteiger partial charge in [0.1, 0.15) is 0 Å². The van der Waals surface area contributed by atoms with Gasteiger partial charge in [-0.2, -0.15) is 0 Å². The maximum Gasteiger partial charge on any atom is 0.254 e. The highest BCUT2D eigenvalue weighted by atomic mass is 79.9. The average Bonchev–Trinajstić information content (AvgIpc) is 2.39. The van der Waals surface area contributed by atoms with Crippen molar-refractivity contribution in [1.82, 2.24) is 10.2 Å². The number of carbonyl (C=O) groups excluding carboxylic acids is 1. The van der Waals surface area contributed by atoms with Gasteiger partial charge in [-0.05, 0) is 50.6 Å². The van der Waals surface area contributed by atoms with Gasteiger partial charge in [-0.15, -0.1) is 12.6 Å². The minimum absolute atomic E-state index is 0.0957. The fourth-order valence-electron chi connectivity index (χ4n) is 2.56. The first-order valence-corrected chi connectivity index (χ1v) is 7.78. The van der Waals surface area contributed by atoms with E-state index in [2.05, 4.69) is 33.9 Å². The Hall–Kier alpha value is -0.520. The maximum absolute atomic E-state index is 12.5. The fraction of sp³-hybridized carbons (Fsp3) is 0.500. The van der Waals surface area contributed by atoms with Crippen LogP contribution in [-0.2, 0) is 0 Å². The molecule has 0 radical (unpaired) electrons. The van der Waals surface area contributed by atoms with Gasteiger partial charge < -0.3 is 10.2 Å². The normalized spacial score (nSPS) is 19.5. The van der Waals surface area contributed by atoms with E-state index in [0.29, 0.717) is 11.5 Å². The molecule has 1 fully saturated rings. The number of thiol groups is 1. The number of likely N-dealkylation sites (tertiary alicyclic amines) is 1. The van der Waals surface area contributed by atoms with E-state index in [0.717, 1.165) is 35.4 Å². The Morgan fingerprint density at radius 2 is 2.37 bits per heavy atom. The summed E-state index contributed by atoms with van der Waals surface area (Å²) in [6.07, 6.45) is 2.27. The van der Waals surface area contributed by atoms with Crippen molar-refractivity contribution in [3.63, 3.8) is 0 Å². The minimum Gasteiger partial charge on any atom is -0.338 e. The van der Waals surface area contributed by atoms with Crippen molar-refractivity contribution < 1.29 is 4.79 Å². The van der Waals surface area contributed by atoms with Crippen LogP contribution in [0.5, 0.6) is 0 Å². The molecule has 1 heterocycles. The number of hydrogen-bond donors (Lipinski definition) is 2. The highest BCUT2D eigenvalue weighted by Gasteiger charge is 2.24. The van der Waals surface area contributed by atoms with Gasteiger partial charge in [0, 0.05) is 22.5 Å². The number of carbonyl (C=O) groups is 1. The molecule has 1 aromatic rings. The molecule has 1 amide bonds. The molecule has 1 aliphatic rings. The molecule has 5 heteroatoms. The number of hydrogen-bond acceptors (Lipinski definition) is 3. The van der Waals surface area contributed by atoms with Gasteiger partial charge in [-0.3, -0.25) is 4.79 Å². The lowest BCUT2D eigenvalue weighted by molar-refractivity contribution is 0.0671. The molecule has 1 N–H and O–H groups in total. The number of rotatable bonds is 3. The Morgan fingerprint density at radius 3 is 3.05 bits per heavy atom. The number of amides is 1. The number of piperidine rings is 1. The molecule has 0 saturated carbocycles. The van der Waals surface area contributed by atoms with Crippen LogP contribution in [0.25, 0.3) is 0 Å². The van der Waals surface area contributed by atoms with E-state index >= 15 is 0 Å². The third kappa shape index (κ3) is 3.74. The molecule has 1 atom stereocenters. The summed E-state index contributed by atoms with van der Waals surface area (Å²) in [5.74, 6) is 0.653. The van der Waals surface area contributed by atoms with E-state index in [9.17, 15) is 4.79 Å². The smallest absolute Gasteiger partial charge is 0.254 e. The van der Waals surface area contributed by atoms with Crippen molar-refractivity contribution in [3.05, 3.63) is 28.2 Å². The molecule has 0 spiro atoms. The van der Waals surface area contributed by atoms with Crippen LogP contribution in [-0.4, -0.2) is 37.5 Å². The van der Waals surface area contributed by atoms with E-state index in [1.54, 1.807) is 0 Å². The summed E-state index contributed by atoms with van der Waals surface area (Å²) in [7, 11) is 1.96. The van der Waals surface area contributed by atoms with E-state index in [-0.39, 0.29) is 5.91 Å². The fourth-order valence-corrected chi connectivity index (χ4v) is 3.41. The Balaban J connectivity index is 2.10. The van der Waals surface area contributed by atoms with Crippen LogP contribution in [0.4, 0.5) is 0 Å². The van der Waals surface area contributed by atoms with E-state index in [4.69, 9.17) is 0 Å². The van der Waals surface area contributed by atoms with Gasteiger partial charge in [0.15, 0.2) is 0 Å². The van der Waals surface area contributed by atoms with E-state index in [1.807, 2.05) is 30.1 Å². The molecule has 0 bridgehead atoms. The number of benzene rings is 1. The molecule has 1 aliphatic heterocycles. The van der Waals surface area contributed by atoms with Gasteiger partial charge in [-0.25, -0.2) is 0 Å². The third-order valence-electron chi connectivity index (χ3n) is 3.49. The lowest BCUT2D eigenvalue weighted by Gasteiger charge is -2.33. The molecule has 104 valence electrons. The van der Waals surface area contributed by atoms with Crippen LogP contribution >= 0.6 is 28.6 Å². The maximum atomic E-state index is 12.5. The summed E-state index contributed by atoms with van der Waals surface area (Å²) < 4.78 is 0.945. The van der Waals surface area contributed by atoms with Crippen molar-refractivity contribution in [3.8, 4) is 0 Å². The Bertz CT molecular complexity index is 465. The van der Waals surface area contributed by atoms with E-state index < -0.39 is 0 Å². The van der Waals surface area contributed by atoms with Gasteiger partial charge >= 0.3 is 0 Å². The van der Waals surface area contributed by atoms with Crippen molar-refractivity contribution in [2.45, 2.75) is 17.7 Å².